The van der Waals surface area contributed by atoms with E-state index in [1.165, 1.54) is 6.26 Å². The number of rotatable bonds is 7. The summed E-state index contributed by atoms with van der Waals surface area (Å²) in [6.45, 7) is 2.65. The Morgan fingerprint density at radius 2 is 1.95 bits per heavy atom. The van der Waals surface area contributed by atoms with Gasteiger partial charge >= 0.3 is 6.18 Å². The van der Waals surface area contributed by atoms with E-state index in [9.17, 15) is 17.4 Å². The van der Waals surface area contributed by atoms with Gasteiger partial charge in [0.25, 0.3) is 0 Å². The lowest BCUT2D eigenvalue weighted by atomic mass is 10.3. The fourth-order valence-electron chi connectivity index (χ4n) is 1.32. The Bertz CT molecular complexity index is 467. The van der Waals surface area contributed by atoms with Crippen molar-refractivity contribution in [3.8, 4) is 0 Å². The van der Waals surface area contributed by atoms with Crippen molar-refractivity contribution < 1.29 is 17.4 Å². The van der Waals surface area contributed by atoms with Crippen LogP contribution in [0.3, 0.4) is 0 Å². The zero-order valence-electron chi connectivity index (χ0n) is 11.3. The number of alkyl halides is 3. The molecule has 114 valence electrons. The van der Waals surface area contributed by atoms with Gasteiger partial charge < -0.3 is 10.6 Å². The molecule has 0 bridgehead atoms. The van der Waals surface area contributed by atoms with Crippen molar-refractivity contribution in [2.24, 2.45) is 0 Å². The predicted octanol–water partition coefficient (Wildman–Crippen LogP) is 2.11. The molecule has 0 amide bonds. The van der Waals surface area contributed by atoms with E-state index in [-0.39, 0.29) is 18.3 Å². The van der Waals surface area contributed by atoms with Crippen molar-refractivity contribution >= 4 is 22.6 Å². The molecule has 1 unspecified atom stereocenters. The lowest BCUT2D eigenvalue weighted by Gasteiger charge is -2.12. The number of aromatic nitrogens is 2. The lowest BCUT2D eigenvalue weighted by molar-refractivity contribution is -0.141. The summed E-state index contributed by atoms with van der Waals surface area (Å²) in [6.07, 6.45) is -2.26. The van der Waals surface area contributed by atoms with Gasteiger partial charge in [-0.3, -0.25) is 4.21 Å². The highest BCUT2D eigenvalue weighted by molar-refractivity contribution is 7.84. The maximum absolute atomic E-state index is 12.7. The van der Waals surface area contributed by atoms with Crippen LogP contribution in [-0.4, -0.2) is 39.3 Å². The van der Waals surface area contributed by atoms with Crippen molar-refractivity contribution in [1.29, 1.82) is 0 Å². The first-order chi connectivity index (χ1) is 9.32. The van der Waals surface area contributed by atoms with Gasteiger partial charge in [-0.15, -0.1) is 0 Å². The third-order valence-corrected chi connectivity index (χ3v) is 3.02. The zero-order valence-corrected chi connectivity index (χ0v) is 12.1. The Morgan fingerprint density at radius 3 is 2.50 bits per heavy atom. The second-order valence-electron chi connectivity index (χ2n) is 4.09. The van der Waals surface area contributed by atoms with E-state index >= 15 is 0 Å². The molecule has 1 atom stereocenters. The van der Waals surface area contributed by atoms with Gasteiger partial charge in [0.1, 0.15) is 5.82 Å². The van der Waals surface area contributed by atoms with Crippen molar-refractivity contribution in [2.75, 3.05) is 35.7 Å². The van der Waals surface area contributed by atoms with Crippen LogP contribution in [0.25, 0.3) is 0 Å². The number of hydrogen-bond acceptors (Lipinski definition) is 5. The van der Waals surface area contributed by atoms with Crippen molar-refractivity contribution in [3.05, 3.63) is 11.8 Å². The van der Waals surface area contributed by atoms with Crippen molar-refractivity contribution in [3.63, 3.8) is 0 Å². The summed E-state index contributed by atoms with van der Waals surface area (Å²) in [4.78, 5) is 7.39. The van der Waals surface area contributed by atoms with E-state index in [1.807, 2.05) is 6.92 Å². The summed E-state index contributed by atoms with van der Waals surface area (Å²) >= 11 is 0. The zero-order chi connectivity index (χ0) is 15.2. The van der Waals surface area contributed by atoms with Crippen LogP contribution in [0.1, 0.15) is 19.0 Å². The highest BCUT2D eigenvalue weighted by Crippen LogP contribution is 2.29. The van der Waals surface area contributed by atoms with E-state index in [1.54, 1.807) is 0 Å². The molecule has 0 aromatic carbocycles. The molecule has 9 heteroatoms. The number of hydrogen-bond donors (Lipinski definition) is 2. The van der Waals surface area contributed by atoms with E-state index in [2.05, 4.69) is 20.6 Å². The van der Waals surface area contributed by atoms with Gasteiger partial charge in [0.2, 0.25) is 5.95 Å². The molecule has 0 saturated heterocycles. The van der Waals surface area contributed by atoms with Crippen LogP contribution in [0.15, 0.2) is 6.07 Å². The minimum Gasteiger partial charge on any atom is -0.369 e. The average molecular weight is 310 g/mol. The third kappa shape index (κ3) is 5.72. The van der Waals surface area contributed by atoms with Gasteiger partial charge in [0.05, 0.1) is 0 Å². The van der Waals surface area contributed by atoms with E-state index in [4.69, 9.17) is 0 Å². The topological polar surface area (TPSA) is 66.9 Å². The molecule has 2 N–H and O–H groups in total. The van der Waals surface area contributed by atoms with Gasteiger partial charge in [0, 0.05) is 42.0 Å². The van der Waals surface area contributed by atoms with Gasteiger partial charge in [-0.05, 0) is 6.42 Å². The Labute approximate surface area is 117 Å². The first-order valence-electron chi connectivity index (χ1n) is 6.07. The molecule has 1 rings (SSSR count). The average Bonchev–Trinajstić information content (AvgIpc) is 2.34. The summed E-state index contributed by atoms with van der Waals surface area (Å²) in [7, 11) is -1.02. The molecule has 0 fully saturated rings. The molecular formula is C11H17F3N4OS. The Morgan fingerprint density at radius 1 is 1.25 bits per heavy atom. The predicted molar refractivity (Wildman–Crippen MR) is 73.2 cm³/mol. The second kappa shape index (κ2) is 7.41. The quantitative estimate of drug-likeness (QED) is 0.807. The van der Waals surface area contributed by atoms with Crippen molar-refractivity contribution in [1.82, 2.24) is 9.97 Å². The normalized spacial score (nSPS) is 13.1. The van der Waals surface area contributed by atoms with E-state index < -0.39 is 22.7 Å². The fourth-order valence-corrected chi connectivity index (χ4v) is 1.71. The molecule has 5 nitrogen and oxygen atoms in total. The standard InChI is InChI=1S/C11H17F3N4OS/c1-3-4-16-10-17-8(11(12,13)14)7-9(18-10)15-5-6-20(2)19/h7H,3-6H2,1-2H3,(H2,15,16,17,18). The molecule has 0 aliphatic heterocycles. The van der Waals surface area contributed by atoms with Gasteiger partial charge in [0.15, 0.2) is 5.69 Å². The van der Waals surface area contributed by atoms with Crippen LogP contribution in [0.5, 0.6) is 0 Å². The van der Waals surface area contributed by atoms with Gasteiger partial charge in [-0.25, -0.2) is 4.98 Å². The monoisotopic (exact) mass is 310 g/mol. The molecule has 1 heterocycles. The van der Waals surface area contributed by atoms with Gasteiger partial charge in [-0.2, -0.15) is 18.2 Å². The molecule has 0 aliphatic carbocycles. The van der Waals surface area contributed by atoms with E-state index in [0.717, 1.165) is 12.5 Å². The fraction of sp³-hybridized carbons (Fsp3) is 0.636. The van der Waals surface area contributed by atoms with Crippen LogP contribution in [0.2, 0.25) is 0 Å². The summed E-state index contributed by atoms with van der Waals surface area (Å²) in [5.74, 6) is 0.335. The van der Waals surface area contributed by atoms with Crippen LogP contribution >= 0.6 is 0 Å². The molecule has 0 spiro atoms. The number of nitrogens with one attached hydrogen (secondary N) is 2. The minimum atomic E-state index is -4.53. The van der Waals surface area contributed by atoms with Crippen LogP contribution in [0.4, 0.5) is 24.9 Å². The summed E-state index contributed by atoms with van der Waals surface area (Å²) in [5, 5.41) is 5.45. The third-order valence-electron chi connectivity index (χ3n) is 2.25. The lowest BCUT2D eigenvalue weighted by Crippen LogP contribution is -2.16. The maximum Gasteiger partial charge on any atom is 0.433 e. The molecule has 0 aliphatic rings. The number of halogens is 3. The maximum atomic E-state index is 12.7. The van der Waals surface area contributed by atoms with E-state index in [0.29, 0.717) is 12.3 Å². The molecule has 1 aromatic heterocycles. The van der Waals surface area contributed by atoms with Crippen LogP contribution in [-0.2, 0) is 17.0 Å². The molecule has 0 radical (unpaired) electrons. The molecular weight excluding hydrogens is 293 g/mol. The van der Waals surface area contributed by atoms with Crippen LogP contribution < -0.4 is 10.6 Å². The number of nitrogens with zero attached hydrogens (tertiary/aromatic N) is 2. The Hall–Kier alpha value is -1.38. The summed E-state index contributed by atoms with van der Waals surface area (Å²) in [5.41, 5.74) is -1.01. The Balaban J connectivity index is 2.88. The minimum absolute atomic E-state index is 0.0661. The largest absolute Gasteiger partial charge is 0.433 e. The second-order valence-corrected chi connectivity index (χ2v) is 5.65. The van der Waals surface area contributed by atoms with Gasteiger partial charge in [-0.1, -0.05) is 6.92 Å². The smallest absolute Gasteiger partial charge is 0.369 e. The Kier molecular flexibility index (Phi) is 6.18. The number of anilines is 2. The summed E-state index contributed by atoms with van der Waals surface area (Å²) in [6, 6.07) is 0.843. The van der Waals surface area contributed by atoms with Crippen LogP contribution in [0, 0.1) is 0 Å². The first-order valence-corrected chi connectivity index (χ1v) is 7.79. The molecule has 20 heavy (non-hydrogen) atoms. The molecule has 0 saturated carbocycles. The first kappa shape index (κ1) is 16.7. The highest BCUT2D eigenvalue weighted by Gasteiger charge is 2.33. The highest BCUT2D eigenvalue weighted by atomic mass is 32.2. The molecule has 1 aromatic rings. The SMILES string of the molecule is CCCNc1nc(NCCS(C)=O)cc(C(F)(F)F)n1. The summed E-state index contributed by atoms with van der Waals surface area (Å²) < 4.78 is 49.1. The van der Waals surface area contributed by atoms with Crippen molar-refractivity contribution in [2.45, 2.75) is 19.5 Å².